The zero-order chi connectivity index (χ0) is 20.6. The Balaban J connectivity index is 0.000000200. The molecule has 3 rings (SSSR count). The largest absolute Gasteiger partial charge is 0.454 e. The third-order valence-electron chi connectivity index (χ3n) is 4.64. The van der Waals surface area contributed by atoms with E-state index in [9.17, 15) is 9.59 Å². The number of rotatable bonds is 7. The first-order valence-corrected chi connectivity index (χ1v) is 9.75. The van der Waals surface area contributed by atoms with Crippen LogP contribution in [-0.4, -0.2) is 19.4 Å². The molecular formula is C24H30O4. The van der Waals surface area contributed by atoms with Crippen LogP contribution in [-0.2, 0) is 28.9 Å². The molecule has 4 nitrogen and oxygen atoms in total. The molecule has 1 unspecified atom stereocenters. The maximum Gasteiger partial charge on any atom is 0.231 e. The number of aryl methyl sites for hydroxylation is 1. The third-order valence-corrected chi connectivity index (χ3v) is 4.64. The lowest BCUT2D eigenvalue weighted by molar-refractivity contribution is -0.114. The van der Waals surface area contributed by atoms with Gasteiger partial charge in [0.1, 0.15) is 12.6 Å². The Morgan fingerprint density at radius 2 is 1.57 bits per heavy atom. The summed E-state index contributed by atoms with van der Waals surface area (Å²) < 4.78 is 10.4. The number of carbonyl (C=O) groups excluding carboxylic acids is 2. The van der Waals surface area contributed by atoms with Crippen molar-refractivity contribution in [2.24, 2.45) is 11.3 Å². The summed E-state index contributed by atoms with van der Waals surface area (Å²) in [6.07, 6.45) is 4.63. The van der Waals surface area contributed by atoms with Gasteiger partial charge in [0, 0.05) is 11.3 Å². The van der Waals surface area contributed by atoms with Gasteiger partial charge in [-0.2, -0.15) is 0 Å². The van der Waals surface area contributed by atoms with E-state index in [0.717, 1.165) is 48.9 Å². The van der Waals surface area contributed by atoms with Crippen molar-refractivity contribution < 1.29 is 19.1 Å². The number of ether oxygens (including phenoxy) is 2. The second-order valence-electron chi connectivity index (χ2n) is 7.96. The van der Waals surface area contributed by atoms with Gasteiger partial charge in [0.15, 0.2) is 11.5 Å². The highest BCUT2D eigenvalue weighted by molar-refractivity contribution is 5.58. The van der Waals surface area contributed by atoms with Crippen molar-refractivity contribution in [3.05, 3.63) is 59.2 Å². The molecule has 0 aromatic heterocycles. The van der Waals surface area contributed by atoms with Crippen LogP contribution in [0.4, 0.5) is 0 Å². The second-order valence-corrected chi connectivity index (χ2v) is 7.96. The summed E-state index contributed by atoms with van der Waals surface area (Å²) in [6.45, 7) is 8.27. The summed E-state index contributed by atoms with van der Waals surface area (Å²) in [4.78, 5) is 21.2. The molecule has 0 spiro atoms. The van der Waals surface area contributed by atoms with Crippen LogP contribution in [0, 0.1) is 11.3 Å². The quantitative estimate of drug-likeness (QED) is 0.645. The molecule has 2 aromatic rings. The molecule has 0 bridgehead atoms. The lowest BCUT2D eigenvalue weighted by Gasteiger charge is -2.16. The predicted molar refractivity (Wildman–Crippen MR) is 111 cm³/mol. The third kappa shape index (κ3) is 6.52. The Kier molecular flexibility index (Phi) is 7.80. The minimum absolute atomic E-state index is 0.0513. The predicted octanol–water partition coefficient (Wildman–Crippen LogP) is 4.81. The van der Waals surface area contributed by atoms with Crippen LogP contribution in [0.1, 0.15) is 44.4 Å². The van der Waals surface area contributed by atoms with Gasteiger partial charge in [-0.1, -0.05) is 58.0 Å². The lowest BCUT2D eigenvalue weighted by atomic mass is 9.87. The number of hydrogen-bond acceptors (Lipinski definition) is 4. The molecule has 1 heterocycles. The molecule has 0 radical (unpaired) electrons. The van der Waals surface area contributed by atoms with Crippen LogP contribution in [0.3, 0.4) is 0 Å². The number of hydrogen-bond donors (Lipinski definition) is 0. The van der Waals surface area contributed by atoms with E-state index in [1.807, 2.05) is 39.0 Å². The van der Waals surface area contributed by atoms with Crippen LogP contribution in [0.15, 0.2) is 42.5 Å². The topological polar surface area (TPSA) is 52.6 Å². The average Bonchev–Trinajstić information content (AvgIpc) is 3.16. The summed E-state index contributed by atoms with van der Waals surface area (Å²) in [6, 6.07) is 14.3. The van der Waals surface area contributed by atoms with Crippen LogP contribution in [0.5, 0.6) is 11.5 Å². The number of benzene rings is 2. The Labute approximate surface area is 167 Å². The van der Waals surface area contributed by atoms with E-state index in [4.69, 9.17) is 9.47 Å². The summed E-state index contributed by atoms with van der Waals surface area (Å²) in [5.74, 6) is 1.61. The van der Waals surface area contributed by atoms with Crippen LogP contribution >= 0.6 is 0 Å². The second kappa shape index (κ2) is 10.1. The molecule has 0 fully saturated rings. The lowest BCUT2D eigenvalue weighted by Crippen LogP contribution is -2.16. The molecule has 1 aliphatic heterocycles. The van der Waals surface area contributed by atoms with Crippen molar-refractivity contribution in [2.45, 2.75) is 47.0 Å². The van der Waals surface area contributed by atoms with Crippen molar-refractivity contribution in [1.29, 1.82) is 0 Å². The van der Waals surface area contributed by atoms with Gasteiger partial charge in [0.25, 0.3) is 0 Å². The van der Waals surface area contributed by atoms with Crippen molar-refractivity contribution in [3.63, 3.8) is 0 Å². The summed E-state index contributed by atoms with van der Waals surface area (Å²) in [5.41, 5.74) is 3.44. The van der Waals surface area contributed by atoms with E-state index >= 15 is 0 Å². The SMILES string of the molecule is CC(C=O)Cc1ccc2c(c1)OCO2.CCc1ccc(CC(C)(C)C=O)cc1. The first-order chi connectivity index (χ1) is 13.4. The molecule has 150 valence electrons. The van der Waals surface area contributed by atoms with Gasteiger partial charge < -0.3 is 19.1 Å². The zero-order valence-electron chi connectivity index (χ0n) is 17.2. The van der Waals surface area contributed by atoms with E-state index in [1.165, 1.54) is 11.1 Å². The van der Waals surface area contributed by atoms with Gasteiger partial charge in [-0.25, -0.2) is 0 Å². The summed E-state index contributed by atoms with van der Waals surface area (Å²) >= 11 is 0. The molecule has 1 atom stereocenters. The fraction of sp³-hybridized carbons (Fsp3) is 0.417. The number of aldehydes is 2. The zero-order valence-corrected chi connectivity index (χ0v) is 17.2. The first kappa shape index (κ1) is 21.7. The average molecular weight is 383 g/mol. The summed E-state index contributed by atoms with van der Waals surface area (Å²) in [7, 11) is 0. The minimum Gasteiger partial charge on any atom is -0.454 e. The van der Waals surface area contributed by atoms with Crippen LogP contribution in [0.2, 0.25) is 0 Å². The van der Waals surface area contributed by atoms with Gasteiger partial charge in [-0.05, 0) is 48.1 Å². The minimum atomic E-state index is -0.242. The Bertz CT molecular complexity index is 778. The number of fused-ring (bicyclic) bond motifs is 1. The molecular weight excluding hydrogens is 352 g/mol. The maximum atomic E-state index is 10.8. The first-order valence-electron chi connectivity index (χ1n) is 9.75. The highest BCUT2D eigenvalue weighted by Gasteiger charge is 2.16. The Morgan fingerprint density at radius 1 is 0.964 bits per heavy atom. The van der Waals surface area contributed by atoms with Gasteiger partial charge in [-0.3, -0.25) is 0 Å². The van der Waals surface area contributed by atoms with Crippen LogP contribution < -0.4 is 9.47 Å². The van der Waals surface area contributed by atoms with Crippen molar-refractivity contribution >= 4 is 12.6 Å². The molecule has 4 heteroatoms. The van der Waals surface area contributed by atoms with E-state index in [2.05, 4.69) is 31.2 Å². The Hall–Kier alpha value is -2.62. The van der Waals surface area contributed by atoms with Gasteiger partial charge in [0.2, 0.25) is 6.79 Å². The molecule has 0 amide bonds. The van der Waals surface area contributed by atoms with E-state index in [1.54, 1.807) is 0 Å². The molecule has 0 saturated heterocycles. The number of carbonyl (C=O) groups is 2. The van der Waals surface area contributed by atoms with E-state index < -0.39 is 0 Å². The Morgan fingerprint density at radius 3 is 2.18 bits per heavy atom. The maximum absolute atomic E-state index is 10.8. The highest BCUT2D eigenvalue weighted by Crippen LogP contribution is 2.32. The molecule has 1 aliphatic rings. The standard InChI is InChI=1S/C13H18O.C11H12O3/c1-4-11-5-7-12(8-6-11)9-13(2,3)10-14;1-8(6-12)4-9-2-3-10-11(5-9)14-7-13-10/h5-8,10H,4,9H2,1-3H3;2-3,5-6,8H,4,7H2,1H3. The van der Waals surface area contributed by atoms with Gasteiger partial charge in [0.05, 0.1) is 0 Å². The van der Waals surface area contributed by atoms with Crippen LogP contribution in [0.25, 0.3) is 0 Å². The molecule has 0 N–H and O–H groups in total. The molecule has 0 saturated carbocycles. The molecule has 0 aliphatic carbocycles. The fourth-order valence-electron chi connectivity index (χ4n) is 2.95. The van der Waals surface area contributed by atoms with Crippen molar-refractivity contribution in [3.8, 4) is 11.5 Å². The highest BCUT2D eigenvalue weighted by atomic mass is 16.7. The smallest absolute Gasteiger partial charge is 0.231 e. The fourth-order valence-corrected chi connectivity index (χ4v) is 2.95. The van der Waals surface area contributed by atoms with E-state index in [-0.39, 0.29) is 11.3 Å². The molecule has 28 heavy (non-hydrogen) atoms. The molecule has 2 aromatic carbocycles. The van der Waals surface area contributed by atoms with Crippen molar-refractivity contribution in [1.82, 2.24) is 0 Å². The normalized spacial score (nSPS) is 13.3. The monoisotopic (exact) mass is 382 g/mol. The van der Waals surface area contributed by atoms with E-state index in [0.29, 0.717) is 6.79 Å². The summed E-state index contributed by atoms with van der Waals surface area (Å²) in [5, 5.41) is 0. The van der Waals surface area contributed by atoms with Gasteiger partial charge >= 0.3 is 0 Å². The van der Waals surface area contributed by atoms with Gasteiger partial charge in [-0.15, -0.1) is 0 Å². The van der Waals surface area contributed by atoms with Crippen molar-refractivity contribution in [2.75, 3.05) is 6.79 Å².